The molecule has 0 bridgehead atoms. The molecule has 2 fully saturated rings. The zero-order valence-electron chi connectivity index (χ0n) is 12.7. The molecule has 1 N–H and O–H groups in total. The number of rotatable bonds is 2. The number of carboxylic acid groups (broad SMARTS) is 1. The molecule has 2 heterocycles. The van der Waals surface area contributed by atoms with Crippen molar-refractivity contribution < 1.29 is 19.4 Å². The molecule has 1 spiro atoms. The van der Waals surface area contributed by atoms with Crippen LogP contribution in [0.4, 0.5) is 0 Å². The first-order chi connectivity index (χ1) is 10.5. The van der Waals surface area contributed by atoms with Crippen LogP contribution in [0.1, 0.15) is 46.9 Å². The highest BCUT2D eigenvalue weighted by atomic mass is 16.5. The lowest BCUT2D eigenvalue weighted by molar-refractivity contribution is 0.000174. The molecule has 5 heteroatoms. The van der Waals surface area contributed by atoms with Crippen molar-refractivity contribution in [2.75, 3.05) is 19.8 Å². The Morgan fingerprint density at radius 3 is 2.32 bits per heavy atom. The van der Waals surface area contributed by atoms with Gasteiger partial charge in [0.1, 0.15) is 0 Å². The first-order valence-corrected chi connectivity index (χ1v) is 7.76. The van der Waals surface area contributed by atoms with Crippen LogP contribution in [-0.4, -0.2) is 47.7 Å². The van der Waals surface area contributed by atoms with E-state index < -0.39 is 5.97 Å². The summed E-state index contributed by atoms with van der Waals surface area (Å²) in [7, 11) is 0. The molecular formula is C17H21NO4. The van der Waals surface area contributed by atoms with Gasteiger partial charge >= 0.3 is 5.97 Å². The second-order valence-corrected chi connectivity index (χ2v) is 6.28. The number of nitrogens with zero attached hydrogens (tertiary/aromatic N) is 1. The summed E-state index contributed by atoms with van der Waals surface area (Å²) < 4.78 is 5.46. The molecule has 22 heavy (non-hydrogen) atoms. The second-order valence-electron chi connectivity index (χ2n) is 6.28. The molecule has 1 atom stereocenters. The Bertz CT molecular complexity index is 575. The number of hydrogen-bond acceptors (Lipinski definition) is 3. The summed E-state index contributed by atoms with van der Waals surface area (Å²) in [6.45, 7) is 4.45. The predicted molar refractivity (Wildman–Crippen MR) is 81.0 cm³/mol. The van der Waals surface area contributed by atoms with E-state index in [0.29, 0.717) is 5.56 Å². The molecular weight excluding hydrogens is 282 g/mol. The Labute approximate surface area is 129 Å². The van der Waals surface area contributed by atoms with E-state index in [1.54, 1.807) is 12.1 Å². The normalized spacial score (nSPS) is 23.7. The van der Waals surface area contributed by atoms with Crippen molar-refractivity contribution in [1.82, 2.24) is 4.90 Å². The van der Waals surface area contributed by atoms with Gasteiger partial charge in [-0.15, -0.1) is 0 Å². The maximum absolute atomic E-state index is 12.7. The molecule has 0 radical (unpaired) electrons. The van der Waals surface area contributed by atoms with Crippen LogP contribution in [0, 0.1) is 5.41 Å². The van der Waals surface area contributed by atoms with Crippen LogP contribution in [0.25, 0.3) is 0 Å². The van der Waals surface area contributed by atoms with E-state index in [1.807, 2.05) is 4.90 Å². The lowest BCUT2D eigenvalue weighted by Gasteiger charge is -2.38. The van der Waals surface area contributed by atoms with Crippen molar-refractivity contribution in [1.29, 1.82) is 0 Å². The van der Waals surface area contributed by atoms with Gasteiger partial charge in [0.25, 0.3) is 5.91 Å². The number of amides is 1. The molecule has 2 aliphatic rings. The summed E-state index contributed by atoms with van der Waals surface area (Å²) in [4.78, 5) is 25.5. The first kappa shape index (κ1) is 15.0. The Hall–Kier alpha value is -1.88. The van der Waals surface area contributed by atoms with Crippen molar-refractivity contribution in [3.8, 4) is 0 Å². The van der Waals surface area contributed by atoms with Gasteiger partial charge in [-0.25, -0.2) is 4.79 Å². The van der Waals surface area contributed by atoms with Crippen LogP contribution in [0.15, 0.2) is 24.3 Å². The maximum Gasteiger partial charge on any atom is 0.335 e. The number of hydrogen-bond donors (Lipinski definition) is 1. The van der Waals surface area contributed by atoms with E-state index in [4.69, 9.17) is 9.84 Å². The summed E-state index contributed by atoms with van der Waals surface area (Å²) in [6.07, 6.45) is 3.04. The van der Waals surface area contributed by atoms with Crippen LogP contribution < -0.4 is 0 Å². The highest BCUT2D eigenvalue weighted by molar-refractivity contribution is 5.96. The van der Waals surface area contributed by atoms with Gasteiger partial charge < -0.3 is 14.7 Å². The second kappa shape index (κ2) is 5.72. The van der Waals surface area contributed by atoms with Gasteiger partial charge in [0, 0.05) is 31.4 Å². The van der Waals surface area contributed by atoms with E-state index in [0.717, 1.165) is 39.0 Å². The fraction of sp³-hybridized carbons (Fsp3) is 0.529. The Morgan fingerprint density at radius 2 is 1.73 bits per heavy atom. The van der Waals surface area contributed by atoms with Crippen molar-refractivity contribution in [3.63, 3.8) is 0 Å². The fourth-order valence-corrected chi connectivity index (χ4v) is 3.72. The molecule has 1 amide bonds. The first-order valence-electron chi connectivity index (χ1n) is 7.76. The van der Waals surface area contributed by atoms with Gasteiger partial charge in [-0.3, -0.25) is 4.79 Å². The molecule has 1 unspecified atom stereocenters. The minimum atomic E-state index is -0.977. The molecule has 0 saturated carbocycles. The molecule has 3 rings (SSSR count). The number of benzene rings is 1. The lowest BCUT2D eigenvalue weighted by atomic mass is 9.74. The molecule has 2 saturated heterocycles. The number of aromatic carboxylic acids is 1. The van der Waals surface area contributed by atoms with Gasteiger partial charge in [0.2, 0.25) is 0 Å². The van der Waals surface area contributed by atoms with Gasteiger partial charge in [-0.2, -0.15) is 0 Å². The zero-order valence-corrected chi connectivity index (χ0v) is 12.7. The van der Waals surface area contributed by atoms with Crippen LogP contribution in [-0.2, 0) is 4.74 Å². The average Bonchev–Trinajstić information content (AvgIpc) is 2.84. The third-order valence-corrected chi connectivity index (χ3v) is 5.33. The van der Waals surface area contributed by atoms with E-state index in [1.165, 1.54) is 12.1 Å². The van der Waals surface area contributed by atoms with Crippen molar-refractivity contribution >= 4 is 11.9 Å². The minimum absolute atomic E-state index is 0.00666. The maximum atomic E-state index is 12.7. The quantitative estimate of drug-likeness (QED) is 0.911. The van der Waals surface area contributed by atoms with Crippen molar-refractivity contribution in [2.45, 2.75) is 32.2 Å². The molecule has 118 valence electrons. The van der Waals surface area contributed by atoms with Crippen LogP contribution in [0.2, 0.25) is 0 Å². The zero-order chi connectivity index (χ0) is 15.7. The standard InChI is InChI=1S/C17H21NO4/c1-12-17(7-10-22-11-8-17)6-9-18(12)15(19)13-2-4-14(5-3-13)16(20)21/h2-5,12H,6-11H2,1H3,(H,20,21). The van der Waals surface area contributed by atoms with E-state index in [9.17, 15) is 9.59 Å². The highest BCUT2D eigenvalue weighted by Crippen LogP contribution is 2.45. The van der Waals surface area contributed by atoms with Crippen LogP contribution >= 0.6 is 0 Å². The Balaban J connectivity index is 1.76. The van der Waals surface area contributed by atoms with E-state index in [-0.39, 0.29) is 22.9 Å². The van der Waals surface area contributed by atoms with E-state index >= 15 is 0 Å². The Morgan fingerprint density at radius 1 is 1.14 bits per heavy atom. The van der Waals surface area contributed by atoms with Crippen molar-refractivity contribution in [2.24, 2.45) is 5.41 Å². The number of carbonyl (C=O) groups excluding carboxylic acids is 1. The monoisotopic (exact) mass is 303 g/mol. The summed E-state index contributed by atoms with van der Waals surface area (Å²) in [5, 5.41) is 8.93. The molecule has 2 aliphatic heterocycles. The largest absolute Gasteiger partial charge is 0.478 e. The smallest absolute Gasteiger partial charge is 0.335 e. The van der Waals surface area contributed by atoms with Crippen LogP contribution in [0.5, 0.6) is 0 Å². The van der Waals surface area contributed by atoms with Gasteiger partial charge in [0.15, 0.2) is 0 Å². The predicted octanol–water partition coefficient (Wildman–Crippen LogP) is 2.42. The highest BCUT2D eigenvalue weighted by Gasteiger charge is 2.47. The minimum Gasteiger partial charge on any atom is -0.478 e. The molecule has 0 aromatic heterocycles. The lowest BCUT2D eigenvalue weighted by Crippen LogP contribution is -2.43. The fourth-order valence-electron chi connectivity index (χ4n) is 3.72. The third-order valence-electron chi connectivity index (χ3n) is 5.33. The number of likely N-dealkylation sites (tertiary alicyclic amines) is 1. The summed E-state index contributed by atoms with van der Waals surface area (Å²) >= 11 is 0. The van der Waals surface area contributed by atoms with Gasteiger partial charge in [-0.05, 0) is 55.9 Å². The molecule has 5 nitrogen and oxygen atoms in total. The number of carbonyl (C=O) groups is 2. The van der Waals surface area contributed by atoms with E-state index in [2.05, 4.69) is 6.92 Å². The summed E-state index contributed by atoms with van der Waals surface area (Å²) in [5.74, 6) is -0.984. The topological polar surface area (TPSA) is 66.8 Å². The number of carboxylic acids is 1. The Kier molecular flexibility index (Phi) is 3.91. The van der Waals surface area contributed by atoms with Gasteiger partial charge in [0.05, 0.1) is 5.56 Å². The number of ether oxygens (including phenoxy) is 1. The van der Waals surface area contributed by atoms with Crippen LogP contribution in [0.3, 0.4) is 0 Å². The molecule has 1 aromatic carbocycles. The molecule has 1 aromatic rings. The average molecular weight is 303 g/mol. The third kappa shape index (κ3) is 2.50. The molecule has 0 aliphatic carbocycles. The SMILES string of the molecule is CC1N(C(=O)c2ccc(C(=O)O)cc2)CCC12CCOCC2. The summed E-state index contributed by atoms with van der Waals surface area (Å²) in [5.41, 5.74) is 0.947. The summed E-state index contributed by atoms with van der Waals surface area (Å²) in [6, 6.07) is 6.38. The van der Waals surface area contributed by atoms with Gasteiger partial charge in [-0.1, -0.05) is 0 Å². The van der Waals surface area contributed by atoms with Crippen molar-refractivity contribution in [3.05, 3.63) is 35.4 Å².